The lowest BCUT2D eigenvalue weighted by molar-refractivity contribution is 0.387. The molecule has 84 valence electrons. The molecule has 0 aliphatic carbocycles. The second kappa shape index (κ2) is 5.09. The van der Waals surface area contributed by atoms with Gasteiger partial charge in [0.2, 0.25) is 10.0 Å². The minimum Gasteiger partial charge on any atom is -0.315 e. The summed E-state index contributed by atoms with van der Waals surface area (Å²) >= 11 is 0. The van der Waals surface area contributed by atoms with E-state index in [0.29, 0.717) is 0 Å². The van der Waals surface area contributed by atoms with Crippen LogP contribution in [-0.4, -0.2) is 44.7 Å². The van der Waals surface area contributed by atoms with Gasteiger partial charge in [0.25, 0.3) is 0 Å². The van der Waals surface area contributed by atoms with Gasteiger partial charge >= 0.3 is 0 Å². The number of nitrogens with zero attached hydrogens (tertiary/aromatic N) is 1. The Labute approximate surface area is 86.7 Å². The molecule has 1 unspecified atom stereocenters. The molecule has 0 aromatic heterocycles. The van der Waals surface area contributed by atoms with Crippen molar-refractivity contribution in [1.82, 2.24) is 9.62 Å². The van der Waals surface area contributed by atoms with Gasteiger partial charge < -0.3 is 5.32 Å². The van der Waals surface area contributed by atoms with E-state index in [-0.39, 0.29) is 11.8 Å². The van der Waals surface area contributed by atoms with Crippen LogP contribution in [0.15, 0.2) is 0 Å². The Morgan fingerprint density at radius 1 is 1.50 bits per heavy atom. The maximum absolute atomic E-state index is 11.8. The van der Waals surface area contributed by atoms with Crippen molar-refractivity contribution in [3.8, 4) is 0 Å². The van der Waals surface area contributed by atoms with Crippen LogP contribution in [0.5, 0.6) is 0 Å². The first-order chi connectivity index (χ1) is 6.58. The molecular weight excluding hydrogens is 200 g/mol. The summed E-state index contributed by atoms with van der Waals surface area (Å²) in [6, 6.07) is 0.164. The third-order valence-electron chi connectivity index (χ3n) is 2.74. The van der Waals surface area contributed by atoms with Gasteiger partial charge in [0, 0.05) is 19.6 Å². The molecule has 0 radical (unpaired) electrons. The quantitative estimate of drug-likeness (QED) is 0.730. The molecular formula is C9H20N2O2S. The molecule has 1 rings (SSSR count). The lowest BCUT2D eigenvalue weighted by atomic mass is 10.3. The Morgan fingerprint density at radius 2 is 2.21 bits per heavy atom. The molecule has 1 fully saturated rings. The van der Waals surface area contributed by atoms with E-state index in [1.807, 2.05) is 6.92 Å². The molecule has 0 saturated carbocycles. The van der Waals surface area contributed by atoms with Gasteiger partial charge in [-0.3, -0.25) is 0 Å². The van der Waals surface area contributed by atoms with Gasteiger partial charge in [-0.2, -0.15) is 0 Å². The van der Waals surface area contributed by atoms with Crippen molar-refractivity contribution in [2.75, 3.05) is 25.9 Å². The van der Waals surface area contributed by atoms with Gasteiger partial charge in [-0.05, 0) is 19.4 Å². The van der Waals surface area contributed by atoms with Crippen molar-refractivity contribution in [1.29, 1.82) is 0 Å². The Morgan fingerprint density at radius 3 is 2.71 bits per heavy atom. The highest BCUT2D eigenvalue weighted by molar-refractivity contribution is 7.89. The van der Waals surface area contributed by atoms with Crippen molar-refractivity contribution in [2.24, 2.45) is 0 Å². The number of rotatable bonds is 5. The number of nitrogens with one attached hydrogen (secondary N) is 1. The lowest BCUT2D eigenvalue weighted by Crippen LogP contribution is -2.39. The molecule has 1 atom stereocenters. The van der Waals surface area contributed by atoms with E-state index in [1.165, 1.54) is 0 Å². The normalized spacial score (nSPS) is 23.2. The zero-order valence-electron chi connectivity index (χ0n) is 8.99. The Balaban J connectivity index is 2.52. The van der Waals surface area contributed by atoms with E-state index in [2.05, 4.69) is 5.32 Å². The second-order valence-electron chi connectivity index (χ2n) is 3.83. The summed E-state index contributed by atoms with van der Waals surface area (Å²) in [6.07, 6.45) is 2.62. The summed E-state index contributed by atoms with van der Waals surface area (Å²) in [7, 11) is -1.32. The number of hydrogen-bond donors (Lipinski definition) is 1. The van der Waals surface area contributed by atoms with Crippen molar-refractivity contribution >= 4 is 10.0 Å². The van der Waals surface area contributed by atoms with Gasteiger partial charge in [0.1, 0.15) is 0 Å². The molecule has 5 heteroatoms. The fourth-order valence-corrected chi connectivity index (χ4v) is 3.22. The van der Waals surface area contributed by atoms with Crippen LogP contribution < -0.4 is 5.32 Å². The summed E-state index contributed by atoms with van der Waals surface area (Å²) < 4.78 is 25.1. The molecule has 0 bridgehead atoms. The van der Waals surface area contributed by atoms with E-state index in [4.69, 9.17) is 0 Å². The summed E-state index contributed by atoms with van der Waals surface area (Å²) in [5, 5.41) is 3.18. The largest absolute Gasteiger partial charge is 0.315 e. The van der Waals surface area contributed by atoms with Gasteiger partial charge in [-0.1, -0.05) is 13.3 Å². The SMILES string of the molecule is CCCCS(=O)(=O)N(C)C1CCNC1. The standard InChI is InChI=1S/C9H20N2O2S/c1-3-4-7-14(12,13)11(2)9-5-6-10-8-9/h9-10H,3-8H2,1-2H3. The second-order valence-corrected chi connectivity index (χ2v) is 5.98. The summed E-state index contributed by atoms with van der Waals surface area (Å²) in [4.78, 5) is 0. The highest BCUT2D eigenvalue weighted by Gasteiger charge is 2.27. The van der Waals surface area contributed by atoms with Gasteiger partial charge in [0.15, 0.2) is 0 Å². The van der Waals surface area contributed by atoms with E-state index in [0.717, 1.165) is 32.4 Å². The molecule has 1 heterocycles. The first kappa shape index (κ1) is 11.9. The minimum absolute atomic E-state index is 0.164. The number of hydrogen-bond acceptors (Lipinski definition) is 3. The molecule has 0 aromatic rings. The predicted octanol–water partition coefficient (Wildman–Crippen LogP) is 0.410. The summed E-state index contributed by atoms with van der Waals surface area (Å²) in [5.41, 5.74) is 0. The van der Waals surface area contributed by atoms with Crippen LogP contribution in [0.1, 0.15) is 26.2 Å². The fourth-order valence-electron chi connectivity index (χ4n) is 1.65. The molecule has 14 heavy (non-hydrogen) atoms. The summed E-state index contributed by atoms with van der Waals surface area (Å²) in [5.74, 6) is 0.288. The number of unbranched alkanes of at least 4 members (excludes halogenated alkanes) is 1. The van der Waals surface area contributed by atoms with Crippen LogP contribution >= 0.6 is 0 Å². The molecule has 0 spiro atoms. The highest BCUT2D eigenvalue weighted by atomic mass is 32.2. The molecule has 1 aliphatic rings. The average molecular weight is 220 g/mol. The Kier molecular flexibility index (Phi) is 4.34. The molecule has 4 nitrogen and oxygen atoms in total. The molecule has 1 aliphatic heterocycles. The molecule has 1 N–H and O–H groups in total. The van der Waals surface area contributed by atoms with Crippen molar-refractivity contribution in [3.63, 3.8) is 0 Å². The van der Waals surface area contributed by atoms with Crippen LogP contribution in [0.25, 0.3) is 0 Å². The third-order valence-corrected chi connectivity index (χ3v) is 4.72. The smallest absolute Gasteiger partial charge is 0.214 e. The van der Waals surface area contributed by atoms with Crippen LogP contribution in [-0.2, 0) is 10.0 Å². The third kappa shape index (κ3) is 2.93. The Hall–Kier alpha value is -0.130. The molecule has 0 aromatic carbocycles. The first-order valence-corrected chi connectivity index (χ1v) is 6.85. The van der Waals surface area contributed by atoms with Gasteiger partial charge in [0.05, 0.1) is 5.75 Å². The topological polar surface area (TPSA) is 49.4 Å². The zero-order valence-corrected chi connectivity index (χ0v) is 9.81. The fraction of sp³-hybridized carbons (Fsp3) is 1.00. The maximum Gasteiger partial charge on any atom is 0.214 e. The highest BCUT2D eigenvalue weighted by Crippen LogP contribution is 2.12. The van der Waals surface area contributed by atoms with Crippen LogP contribution in [0.3, 0.4) is 0 Å². The molecule has 1 saturated heterocycles. The summed E-state index contributed by atoms with van der Waals surface area (Å²) in [6.45, 7) is 3.73. The van der Waals surface area contributed by atoms with Crippen molar-refractivity contribution in [3.05, 3.63) is 0 Å². The zero-order chi connectivity index (χ0) is 10.6. The predicted molar refractivity (Wildman–Crippen MR) is 57.7 cm³/mol. The van der Waals surface area contributed by atoms with E-state index in [1.54, 1.807) is 11.4 Å². The van der Waals surface area contributed by atoms with Crippen LogP contribution in [0, 0.1) is 0 Å². The number of likely N-dealkylation sites (N-methyl/N-ethyl adjacent to an activating group) is 1. The first-order valence-electron chi connectivity index (χ1n) is 5.24. The number of sulfonamides is 1. The van der Waals surface area contributed by atoms with Crippen molar-refractivity contribution < 1.29 is 8.42 Å². The van der Waals surface area contributed by atoms with E-state index in [9.17, 15) is 8.42 Å². The van der Waals surface area contributed by atoms with Crippen LogP contribution in [0.2, 0.25) is 0 Å². The van der Waals surface area contributed by atoms with Gasteiger partial charge in [-0.25, -0.2) is 12.7 Å². The van der Waals surface area contributed by atoms with Gasteiger partial charge in [-0.15, -0.1) is 0 Å². The van der Waals surface area contributed by atoms with Crippen LogP contribution in [0.4, 0.5) is 0 Å². The lowest BCUT2D eigenvalue weighted by Gasteiger charge is -2.22. The van der Waals surface area contributed by atoms with E-state index < -0.39 is 10.0 Å². The average Bonchev–Trinajstić information content (AvgIpc) is 2.66. The molecule has 0 amide bonds. The minimum atomic E-state index is -3.01. The van der Waals surface area contributed by atoms with E-state index >= 15 is 0 Å². The Bertz CT molecular complexity index is 258. The monoisotopic (exact) mass is 220 g/mol. The maximum atomic E-state index is 11.8. The van der Waals surface area contributed by atoms with Crippen molar-refractivity contribution in [2.45, 2.75) is 32.2 Å².